The molecule has 37 heavy (non-hydrogen) atoms. The van der Waals surface area contributed by atoms with E-state index in [1.54, 1.807) is 23.6 Å². The molecule has 0 radical (unpaired) electrons. The molecule has 1 amide bonds. The number of nitrogens with one attached hydrogen (secondary N) is 1. The van der Waals surface area contributed by atoms with Crippen molar-refractivity contribution in [1.82, 2.24) is 15.2 Å². The summed E-state index contributed by atoms with van der Waals surface area (Å²) in [4.78, 5) is 19.0. The number of alkyl halides is 3. The number of halogens is 4. The fourth-order valence-electron chi connectivity index (χ4n) is 3.78. The lowest BCUT2D eigenvalue weighted by molar-refractivity contribution is -0.137. The molecule has 0 aliphatic carbocycles. The lowest BCUT2D eigenvalue weighted by Crippen LogP contribution is -2.24. The Morgan fingerprint density at radius 1 is 0.919 bits per heavy atom. The van der Waals surface area contributed by atoms with Gasteiger partial charge < -0.3 is 5.32 Å². The molecule has 4 aromatic rings. The highest BCUT2D eigenvalue weighted by atomic mass is 32.1. The Bertz CT molecular complexity index is 1330. The number of aromatic nitrogens is 1. The predicted octanol–water partition coefficient (Wildman–Crippen LogP) is 6.74. The Labute approximate surface area is 216 Å². The molecule has 1 heterocycles. The third-order valence-electron chi connectivity index (χ3n) is 5.70. The summed E-state index contributed by atoms with van der Waals surface area (Å²) < 4.78 is 52.8. The summed E-state index contributed by atoms with van der Waals surface area (Å²) in [6.45, 7) is 3.37. The van der Waals surface area contributed by atoms with Crippen LogP contribution in [0.1, 0.15) is 43.3 Å². The van der Waals surface area contributed by atoms with Crippen molar-refractivity contribution in [2.45, 2.75) is 39.3 Å². The lowest BCUT2D eigenvalue weighted by Gasteiger charge is -2.22. The molecule has 0 unspecified atom stereocenters. The van der Waals surface area contributed by atoms with Crippen LogP contribution in [0.5, 0.6) is 0 Å². The van der Waals surface area contributed by atoms with E-state index in [4.69, 9.17) is 0 Å². The highest BCUT2D eigenvalue weighted by Crippen LogP contribution is 2.30. The number of hydrogen-bond acceptors (Lipinski definition) is 4. The summed E-state index contributed by atoms with van der Waals surface area (Å²) in [5.74, 6) is -0.700. The molecule has 0 saturated carbocycles. The van der Waals surface area contributed by atoms with Gasteiger partial charge in [0.05, 0.1) is 12.1 Å². The first-order valence-corrected chi connectivity index (χ1v) is 12.4. The average Bonchev–Trinajstić information content (AvgIpc) is 3.33. The van der Waals surface area contributed by atoms with Crippen LogP contribution in [0, 0.1) is 12.7 Å². The number of thiazole rings is 1. The molecular weight excluding hydrogens is 502 g/mol. The van der Waals surface area contributed by atoms with Crippen molar-refractivity contribution in [2.24, 2.45) is 0 Å². The third kappa shape index (κ3) is 7.71. The Hall–Kier alpha value is -3.56. The van der Waals surface area contributed by atoms with Gasteiger partial charge in [-0.15, -0.1) is 11.3 Å². The van der Waals surface area contributed by atoms with E-state index in [-0.39, 0.29) is 30.5 Å². The highest BCUT2D eigenvalue weighted by Gasteiger charge is 2.30. The number of aryl methyl sites for hydroxylation is 1. The molecule has 192 valence electrons. The van der Waals surface area contributed by atoms with Crippen molar-refractivity contribution in [1.29, 1.82) is 0 Å². The number of rotatable bonds is 9. The van der Waals surface area contributed by atoms with Crippen molar-refractivity contribution in [2.75, 3.05) is 0 Å². The topological polar surface area (TPSA) is 45.2 Å². The third-order valence-corrected chi connectivity index (χ3v) is 6.53. The molecule has 4 nitrogen and oxygen atoms in total. The number of carbonyl (C=O) groups excluding carboxylic acids is 1. The molecule has 0 aliphatic heterocycles. The molecule has 3 aromatic carbocycles. The van der Waals surface area contributed by atoms with Gasteiger partial charge in [0.2, 0.25) is 0 Å². The van der Waals surface area contributed by atoms with Gasteiger partial charge in [-0.1, -0.05) is 60.2 Å². The number of carbonyl (C=O) groups is 1. The Kier molecular flexibility index (Phi) is 8.35. The minimum absolute atomic E-state index is 0.237. The summed E-state index contributed by atoms with van der Waals surface area (Å²) in [6.07, 6.45) is -4.41. The van der Waals surface area contributed by atoms with E-state index in [2.05, 4.69) is 10.3 Å². The van der Waals surface area contributed by atoms with Crippen LogP contribution in [0.15, 0.2) is 78.2 Å². The maximum absolute atomic E-state index is 13.2. The minimum atomic E-state index is -4.41. The van der Waals surface area contributed by atoms with Gasteiger partial charge in [0.1, 0.15) is 16.5 Å². The minimum Gasteiger partial charge on any atom is -0.347 e. The maximum atomic E-state index is 13.2. The summed E-state index contributed by atoms with van der Waals surface area (Å²) in [5, 5.41) is 5.10. The molecule has 1 aromatic heterocycles. The predicted molar refractivity (Wildman–Crippen MR) is 135 cm³/mol. The first kappa shape index (κ1) is 26.5. The Morgan fingerprint density at radius 3 is 2.30 bits per heavy atom. The Balaban J connectivity index is 1.46. The fraction of sp³-hybridized carbons (Fsp3) is 0.214. The van der Waals surface area contributed by atoms with Crippen LogP contribution in [0.25, 0.3) is 0 Å². The fourth-order valence-corrected chi connectivity index (χ4v) is 4.59. The van der Waals surface area contributed by atoms with E-state index < -0.39 is 11.7 Å². The van der Waals surface area contributed by atoms with Crippen molar-refractivity contribution in [3.63, 3.8) is 0 Å². The van der Waals surface area contributed by atoms with Crippen LogP contribution >= 0.6 is 11.3 Å². The molecule has 4 rings (SSSR count). The molecular formula is C28H25F4N3OS. The second-order valence-corrected chi connectivity index (χ2v) is 9.71. The van der Waals surface area contributed by atoms with Crippen molar-refractivity contribution in [3.8, 4) is 0 Å². The van der Waals surface area contributed by atoms with E-state index >= 15 is 0 Å². The molecule has 0 saturated heterocycles. The average molecular weight is 528 g/mol. The van der Waals surface area contributed by atoms with Crippen LogP contribution in [-0.2, 0) is 32.4 Å². The molecule has 0 bridgehead atoms. The summed E-state index contributed by atoms with van der Waals surface area (Å²) in [5.41, 5.74) is 3.01. The van der Waals surface area contributed by atoms with E-state index in [0.29, 0.717) is 23.7 Å². The van der Waals surface area contributed by atoms with Crippen LogP contribution < -0.4 is 5.32 Å². The van der Waals surface area contributed by atoms with Crippen LogP contribution in [-0.4, -0.2) is 15.8 Å². The van der Waals surface area contributed by atoms with Crippen molar-refractivity contribution < 1.29 is 22.4 Å². The first-order valence-electron chi connectivity index (χ1n) is 11.6. The summed E-state index contributed by atoms with van der Waals surface area (Å²) in [6, 6.07) is 19.1. The van der Waals surface area contributed by atoms with Crippen LogP contribution in [0.2, 0.25) is 0 Å². The quantitative estimate of drug-likeness (QED) is 0.245. The van der Waals surface area contributed by atoms with Crippen LogP contribution in [0.4, 0.5) is 17.6 Å². The van der Waals surface area contributed by atoms with Gasteiger partial charge in [-0.25, -0.2) is 9.37 Å². The zero-order valence-electron chi connectivity index (χ0n) is 20.1. The second-order valence-electron chi connectivity index (χ2n) is 8.76. The van der Waals surface area contributed by atoms with Gasteiger partial charge in [-0.2, -0.15) is 13.2 Å². The molecule has 0 atom stereocenters. The monoisotopic (exact) mass is 527 g/mol. The zero-order valence-corrected chi connectivity index (χ0v) is 20.9. The maximum Gasteiger partial charge on any atom is 0.416 e. The van der Waals surface area contributed by atoms with Crippen molar-refractivity contribution >= 4 is 17.2 Å². The zero-order chi connectivity index (χ0) is 26.4. The van der Waals surface area contributed by atoms with E-state index in [1.165, 1.54) is 29.5 Å². The van der Waals surface area contributed by atoms with E-state index in [0.717, 1.165) is 28.8 Å². The van der Waals surface area contributed by atoms with Gasteiger partial charge >= 0.3 is 6.18 Å². The first-order chi connectivity index (χ1) is 17.7. The van der Waals surface area contributed by atoms with E-state index in [1.807, 2.05) is 36.1 Å². The summed E-state index contributed by atoms with van der Waals surface area (Å²) >= 11 is 1.32. The van der Waals surface area contributed by atoms with Gasteiger partial charge in [0.25, 0.3) is 5.91 Å². The molecule has 0 aliphatic rings. The smallest absolute Gasteiger partial charge is 0.347 e. The van der Waals surface area contributed by atoms with Gasteiger partial charge in [0.15, 0.2) is 0 Å². The van der Waals surface area contributed by atoms with E-state index in [9.17, 15) is 22.4 Å². The normalized spacial score (nSPS) is 11.6. The lowest BCUT2D eigenvalue weighted by atomic mass is 10.1. The second kappa shape index (κ2) is 11.7. The molecule has 1 N–H and O–H groups in total. The number of benzene rings is 3. The van der Waals surface area contributed by atoms with Crippen molar-refractivity contribution in [3.05, 3.63) is 123 Å². The number of amides is 1. The molecule has 9 heteroatoms. The van der Waals surface area contributed by atoms with Crippen LogP contribution in [0.3, 0.4) is 0 Å². The Morgan fingerprint density at radius 2 is 1.59 bits per heavy atom. The SMILES string of the molecule is Cc1ccc(CN(Cc2cccc(C(F)(F)F)c2)Cc2nc(C(=O)NCc3ccc(F)cc3)cs2)cc1. The van der Waals surface area contributed by atoms with Gasteiger partial charge in [-0.05, 0) is 41.8 Å². The standard InChI is InChI=1S/C28H25F4N3OS/c1-19-5-7-21(8-6-19)15-35(16-22-3-2-4-23(13-22)28(30,31)32)17-26-34-25(18-37-26)27(36)33-14-20-9-11-24(29)12-10-20/h2-13,18H,14-17H2,1H3,(H,33,36). The largest absolute Gasteiger partial charge is 0.416 e. The van der Waals surface area contributed by atoms with Gasteiger partial charge in [0, 0.05) is 25.0 Å². The number of hydrogen-bond donors (Lipinski definition) is 1. The highest BCUT2D eigenvalue weighted by molar-refractivity contribution is 7.09. The molecule has 0 spiro atoms. The van der Waals surface area contributed by atoms with Gasteiger partial charge in [-0.3, -0.25) is 9.69 Å². The summed E-state index contributed by atoms with van der Waals surface area (Å²) in [7, 11) is 0. The molecule has 0 fully saturated rings. The number of nitrogens with zero attached hydrogens (tertiary/aromatic N) is 2.